The van der Waals surface area contributed by atoms with E-state index in [1.54, 1.807) is 0 Å². The molecule has 25 heavy (non-hydrogen) atoms. The quantitative estimate of drug-likeness (QED) is 0.827. The van der Waals surface area contributed by atoms with Gasteiger partial charge < -0.3 is 10.6 Å². The van der Waals surface area contributed by atoms with Crippen molar-refractivity contribution in [2.24, 2.45) is 11.8 Å². The Bertz CT molecular complexity index is 672. The lowest BCUT2D eigenvalue weighted by Gasteiger charge is -2.28. The van der Waals surface area contributed by atoms with E-state index in [2.05, 4.69) is 27.8 Å². The SMILES string of the molecule is CC(NC(=O)CC(C)C1CCNCC1)c1nnc2ccccn12.Cl.Cl. The van der Waals surface area contributed by atoms with E-state index in [9.17, 15) is 4.79 Å². The lowest BCUT2D eigenvalue weighted by molar-refractivity contribution is -0.123. The molecule has 8 heteroatoms. The molecule has 6 nitrogen and oxygen atoms in total. The second kappa shape index (κ2) is 9.94. The number of nitrogens with one attached hydrogen (secondary N) is 2. The van der Waals surface area contributed by atoms with Gasteiger partial charge in [0.05, 0.1) is 6.04 Å². The predicted molar refractivity (Wildman–Crippen MR) is 103 cm³/mol. The highest BCUT2D eigenvalue weighted by Gasteiger charge is 2.23. The molecule has 2 aromatic rings. The van der Waals surface area contributed by atoms with Gasteiger partial charge in [-0.2, -0.15) is 0 Å². The number of nitrogens with zero attached hydrogens (tertiary/aromatic N) is 3. The molecular formula is C17H27Cl2N5O. The first-order valence-electron chi connectivity index (χ1n) is 8.45. The minimum Gasteiger partial charge on any atom is -0.346 e. The second-order valence-electron chi connectivity index (χ2n) is 6.55. The number of carbonyl (C=O) groups excluding carboxylic acids is 1. The van der Waals surface area contributed by atoms with Gasteiger partial charge in [-0.05, 0) is 56.8 Å². The summed E-state index contributed by atoms with van der Waals surface area (Å²) in [6.07, 6.45) is 4.83. The fourth-order valence-electron chi connectivity index (χ4n) is 3.39. The van der Waals surface area contributed by atoms with Crippen LogP contribution in [0.3, 0.4) is 0 Å². The topological polar surface area (TPSA) is 71.3 Å². The average molecular weight is 388 g/mol. The monoisotopic (exact) mass is 387 g/mol. The lowest BCUT2D eigenvalue weighted by Crippen LogP contribution is -2.34. The number of piperidine rings is 1. The molecule has 0 saturated carbocycles. The highest BCUT2D eigenvalue weighted by atomic mass is 35.5. The van der Waals surface area contributed by atoms with E-state index in [4.69, 9.17) is 0 Å². The molecule has 2 N–H and O–H groups in total. The number of pyridine rings is 1. The Morgan fingerprint density at radius 1 is 1.28 bits per heavy atom. The van der Waals surface area contributed by atoms with E-state index in [0.29, 0.717) is 18.3 Å². The standard InChI is InChI=1S/C17H25N5O.2ClH/c1-12(14-6-8-18-9-7-14)11-16(23)19-13(2)17-21-20-15-5-3-4-10-22(15)17;;/h3-5,10,12-14,18H,6-9,11H2,1-2H3,(H,19,23);2*1H. The molecule has 2 aromatic heterocycles. The summed E-state index contributed by atoms with van der Waals surface area (Å²) < 4.78 is 1.92. The van der Waals surface area contributed by atoms with Gasteiger partial charge >= 0.3 is 0 Å². The highest BCUT2D eigenvalue weighted by molar-refractivity contribution is 5.85. The van der Waals surface area contributed by atoms with Crippen molar-refractivity contribution < 1.29 is 4.79 Å². The van der Waals surface area contributed by atoms with Crippen LogP contribution in [-0.4, -0.2) is 33.6 Å². The van der Waals surface area contributed by atoms with Crippen LogP contribution in [0.1, 0.15) is 45.0 Å². The molecule has 0 spiro atoms. The summed E-state index contributed by atoms with van der Waals surface area (Å²) >= 11 is 0. The Morgan fingerprint density at radius 2 is 2.00 bits per heavy atom. The predicted octanol–water partition coefficient (Wildman–Crippen LogP) is 2.78. The van der Waals surface area contributed by atoms with Crippen LogP contribution in [0.4, 0.5) is 0 Å². The van der Waals surface area contributed by atoms with Crippen molar-refractivity contribution >= 4 is 36.4 Å². The lowest BCUT2D eigenvalue weighted by atomic mass is 9.84. The first-order valence-corrected chi connectivity index (χ1v) is 8.45. The van der Waals surface area contributed by atoms with E-state index < -0.39 is 0 Å². The van der Waals surface area contributed by atoms with Gasteiger partial charge in [0.25, 0.3) is 0 Å². The van der Waals surface area contributed by atoms with Crippen molar-refractivity contribution in [1.82, 2.24) is 25.2 Å². The van der Waals surface area contributed by atoms with Gasteiger partial charge in [-0.25, -0.2) is 0 Å². The van der Waals surface area contributed by atoms with Crippen LogP contribution in [0.5, 0.6) is 0 Å². The van der Waals surface area contributed by atoms with Crippen LogP contribution < -0.4 is 10.6 Å². The van der Waals surface area contributed by atoms with Crippen molar-refractivity contribution in [1.29, 1.82) is 0 Å². The van der Waals surface area contributed by atoms with Gasteiger partial charge in [0.1, 0.15) is 0 Å². The number of hydrogen-bond donors (Lipinski definition) is 2. The van der Waals surface area contributed by atoms with Crippen molar-refractivity contribution in [3.8, 4) is 0 Å². The maximum atomic E-state index is 12.4. The molecular weight excluding hydrogens is 361 g/mol. The molecule has 0 aromatic carbocycles. The number of fused-ring (bicyclic) bond motifs is 1. The summed E-state index contributed by atoms with van der Waals surface area (Å²) in [5, 5.41) is 14.8. The first-order chi connectivity index (χ1) is 11.1. The third kappa shape index (κ3) is 5.30. The summed E-state index contributed by atoms with van der Waals surface area (Å²) in [5.41, 5.74) is 0.798. The van der Waals surface area contributed by atoms with Crippen LogP contribution in [0, 0.1) is 11.8 Å². The fraction of sp³-hybridized carbons (Fsp3) is 0.588. The molecule has 0 bridgehead atoms. The first kappa shape index (κ1) is 21.7. The van der Waals surface area contributed by atoms with Crippen molar-refractivity contribution in [2.45, 2.75) is 39.2 Å². The Kier molecular flexibility index (Phi) is 8.62. The molecule has 1 aliphatic heterocycles. The number of aromatic nitrogens is 3. The summed E-state index contributed by atoms with van der Waals surface area (Å²) in [6.45, 7) is 6.28. The Hall–Kier alpha value is -1.37. The van der Waals surface area contributed by atoms with Crippen LogP contribution in [0.25, 0.3) is 5.65 Å². The Balaban J connectivity index is 0.00000156. The van der Waals surface area contributed by atoms with Gasteiger partial charge in [-0.15, -0.1) is 35.0 Å². The summed E-state index contributed by atoms with van der Waals surface area (Å²) in [4.78, 5) is 12.4. The van der Waals surface area contributed by atoms with E-state index in [-0.39, 0.29) is 36.8 Å². The molecule has 140 valence electrons. The van der Waals surface area contributed by atoms with Crippen LogP contribution in [0.15, 0.2) is 24.4 Å². The Labute approximate surface area is 161 Å². The molecule has 3 heterocycles. The van der Waals surface area contributed by atoms with Gasteiger partial charge in [-0.1, -0.05) is 13.0 Å². The minimum atomic E-state index is -0.153. The summed E-state index contributed by atoms with van der Waals surface area (Å²) in [5.74, 6) is 1.92. The average Bonchev–Trinajstić information content (AvgIpc) is 2.99. The molecule has 0 aliphatic carbocycles. The number of hydrogen-bond acceptors (Lipinski definition) is 4. The molecule has 1 saturated heterocycles. The van der Waals surface area contributed by atoms with E-state index in [0.717, 1.165) is 24.6 Å². The molecule has 2 unspecified atom stereocenters. The molecule has 1 amide bonds. The highest BCUT2D eigenvalue weighted by Crippen LogP contribution is 2.24. The molecule has 3 rings (SSSR count). The smallest absolute Gasteiger partial charge is 0.220 e. The van der Waals surface area contributed by atoms with Gasteiger partial charge in [-0.3, -0.25) is 9.20 Å². The maximum absolute atomic E-state index is 12.4. The van der Waals surface area contributed by atoms with Crippen LogP contribution in [-0.2, 0) is 4.79 Å². The third-order valence-electron chi connectivity index (χ3n) is 4.80. The zero-order valence-corrected chi connectivity index (χ0v) is 16.3. The Morgan fingerprint density at radius 3 is 2.72 bits per heavy atom. The van der Waals surface area contributed by atoms with Crippen LogP contribution in [0.2, 0.25) is 0 Å². The number of halogens is 2. The maximum Gasteiger partial charge on any atom is 0.220 e. The van der Waals surface area contributed by atoms with E-state index >= 15 is 0 Å². The third-order valence-corrected chi connectivity index (χ3v) is 4.80. The largest absolute Gasteiger partial charge is 0.346 e. The molecule has 2 atom stereocenters. The van der Waals surface area contributed by atoms with E-state index in [1.807, 2.05) is 35.7 Å². The number of carbonyl (C=O) groups is 1. The summed E-state index contributed by atoms with van der Waals surface area (Å²) in [6, 6.07) is 5.62. The van der Waals surface area contributed by atoms with Crippen molar-refractivity contribution in [3.05, 3.63) is 30.2 Å². The molecule has 1 fully saturated rings. The van der Waals surface area contributed by atoms with Crippen molar-refractivity contribution in [3.63, 3.8) is 0 Å². The zero-order valence-electron chi connectivity index (χ0n) is 14.6. The van der Waals surface area contributed by atoms with E-state index in [1.165, 1.54) is 12.8 Å². The zero-order chi connectivity index (χ0) is 16.2. The fourth-order valence-corrected chi connectivity index (χ4v) is 3.39. The van der Waals surface area contributed by atoms with Gasteiger partial charge in [0, 0.05) is 12.6 Å². The number of amides is 1. The van der Waals surface area contributed by atoms with Gasteiger partial charge in [0.2, 0.25) is 5.91 Å². The minimum absolute atomic E-state index is 0. The van der Waals surface area contributed by atoms with Crippen molar-refractivity contribution in [2.75, 3.05) is 13.1 Å². The van der Waals surface area contributed by atoms with Crippen LogP contribution >= 0.6 is 24.8 Å². The molecule has 1 aliphatic rings. The summed E-state index contributed by atoms with van der Waals surface area (Å²) in [7, 11) is 0. The normalized spacial score (nSPS) is 17.2. The number of rotatable bonds is 5. The van der Waals surface area contributed by atoms with Gasteiger partial charge in [0.15, 0.2) is 11.5 Å². The molecule has 0 radical (unpaired) electrons. The second-order valence-corrected chi connectivity index (χ2v) is 6.55.